The maximum absolute atomic E-state index is 6.36. The molecule has 0 spiro atoms. The first kappa shape index (κ1) is 15.9. The molecule has 0 unspecified atom stereocenters. The van der Waals surface area contributed by atoms with Crippen LogP contribution in [-0.2, 0) is 4.74 Å². The van der Waals surface area contributed by atoms with Gasteiger partial charge in [-0.1, -0.05) is 54.6 Å². The van der Waals surface area contributed by atoms with Gasteiger partial charge in [-0.05, 0) is 59.7 Å². The number of fused-ring (bicyclic) bond motifs is 3. The van der Waals surface area contributed by atoms with E-state index in [1.807, 2.05) is 6.92 Å². The lowest BCUT2D eigenvalue weighted by Gasteiger charge is -2.33. The van der Waals surface area contributed by atoms with Crippen molar-refractivity contribution in [2.24, 2.45) is 5.92 Å². The summed E-state index contributed by atoms with van der Waals surface area (Å²) in [5, 5.41) is 2.46. The Morgan fingerprint density at radius 1 is 0.962 bits per heavy atom. The number of ether oxygens (including phenoxy) is 2. The summed E-state index contributed by atoms with van der Waals surface area (Å²) in [7, 11) is 0. The van der Waals surface area contributed by atoms with Gasteiger partial charge in [0, 0.05) is 18.4 Å². The Labute approximate surface area is 154 Å². The van der Waals surface area contributed by atoms with Gasteiger partial charge in [-0.3, -0.25) is 0 Å². The fourth-order valence-electron chi connectivity index (χ4n) is 4.38. The Hall–Kier alpha value is -2.32. The Morgan fingerprint density at radius 3 is 2.42 bits per heavy atom. The fraction of sp³-hybridized carbons (Fsp3) is 0.333. The van der Waals surface area contributed by atoms with Gasteiger partial charge < -0.3 is 9.47 Å². The van der Waals surface area contributed by atoms with Crippen LogP contribution in [0.2, 0.25) is 0 Å². The van der Waals surface area contributed by atoms with Gasteiger partial charge in [-0.25, -0.2) is 0 Å². The third-order valence-corrected chi connectivity index (χ3v) is 5.75. The predicted octanol–water partition coefficient (Wildman–Crippen LogP) is 6.15. The van der Waals surface area contributed by atoms with Gasteiger partial charge in [0.15, 0.2) is 6.29 Å². The maximum Gasteiger partial charge on any atom is 0.200 e. The van der Waals surface area contributed by atoms with Crippen LogP contribution in [0.3, 0.4) is 0 Å². The van der Waals surface area contributed by atoms with Crippen molar-refractivity contribution in [2.75, 3.05) is 6.61 Å². The fourth-order valence-corrected chi connectivity index (χ4v) is 4.38. The molecule has 0 saturated heterocycles. The molecule has 3 aromatic rings. The Kier molecular flexibility index (Phi) is 3.94. The van der Waals surface area contributed by atoms with Crippen LogP contribution in [0.25, 0.3) is 21.9 Å². The van der Waals surface area contributed by atoms with E-state index in [4.69, 9.17) is 9.47 Å². The highest BCUT2D eigenvalue weighted by molar-refractivity contribution is 6.01. The highest BCUT2D eigenvalue weighted by Crippen LogP contribution is 2.53. The molecule has 0 bridgehead atoms. The zero-order chi connectivity index (χ0) is 17.5. The lowest BCUT2D eigenvalue weighted by Crippen LogP contribution is -2.29. The van der Waals surface area contributed by atoms with E-state index in [1.165, 1.54) is 40.3 Å². The van der Waals surface area contributed by atoms with E-state index in [1.54, 1.807) is 0 Å². The van der Waals surface area contributed by atoms with E-state index in [2.05, 4.69) is 60.7 Å². The molecule has 5 rings (SSSR count). The summed E-state index contributed by atoms with van der Waals surface area (Å²) < 4.78 is 12.3. The smallest absolute Gasteiger partial charge is 0.200 e. The number of hydrogen-bond acceptors (Lipinski definition) is 2. The van der Waals surface area contributed by atoms with Crippen molar-refractivity contribution >= 4 is 10.8 Å². The molecule has 0 amide bonds. The predicted molar refractivity (Wildman–Crippen MR) is 106 cm³/mol. The topological polar surface area (TPSA) is 18.5 Å². The molecule has 2 nitrogen and oxygen atoms in total. The summed E-state index contributed by atoms with van der Waals surface area (Å²) >= 11 is 0. The highest BCUT2D eigenvalue weighted by atomic mass is 16.7. The first-order chi connectivity index (χ1) is 12.8. The summed E-state index contributed by atoms with van der Waals surface area (Å²) in [6, 6.07) is 21.7. The Balaban J connectivity index is 1.74. The average molecular weight is 344 g/mol. The molecule has 3 aromatic carbocycles. The molecule has 2 heteroatoms. The highest BCUT2D eigenvalue weighted by Gasteiger charge is 2.40. The lowest BCUT2D eigenvalue weighted by molar-refractivity contribution is -0.0920. The van der Waals surface area contributed by atoms with E-state index >= 15 is 0 Å². The molecular weight excluding hydrogens is 320 g/mol. The molecule has 1 heterocycles. The first-order valence-electron chi connectivity index (χ1n) is 9.74. The molecule has 26 heavy (non-hydrogen) atoms. The van der Waals surface area contributed by atoms with Gasteiger partial charge in [0.2, 0.25) is 0 Å². The SMILES string of the molecule is CCO[C@H]1C[C@@H](C2CC2)c2cc(-c3ccccc3)c3ccccc3c2O1. The van der Waals surface area contributed by atoms with Gasteiger partial charge >= 0.3 is 0 Å². The molecule has 1 aliphatic heterocycles. The van der Waals surface area contributed by atoms with Gasteiger partial charge in [0.05, 0.1) is 0 Å². The average Bonchev–Trinajstić information content (AvgIpc) is 3.53. The number of hydrogen-bond donors (Lipinski definition) is 0. The van der Waals surface area contributed by atoms with E-state index in [9.17, 15) is 0 Å². The van der Waals surface area contributed by atoms with Crippen molar-refractivity contribution in [3.05, 3.63) is 66.2 Å². The Morgan fingerprint density at radius 2 is 1.69 bits per heavy atom. The zero-order valence-electron chi connectivity index (χ0n) is 15.2. The first-order valence-corrected chi connectivity index (χ1v) is 9.74. The second kappa shape index (κ2) is 6.44. The van der Waals surface area contributed by atoms with Crippen molar-refractivity contribution < 1.29 is 9.47 Å². The standard InChI is InChI=1S/C24H24O2/c1-2-25-23-15-21(17-12-13-17)22-14-20(16-8-4-3-5-9-16)18-10-6-7-11-19(18)24(22)26-23/h3-11,14,17,21,23H,2,12-13,15H2,1H3/t21-,23+/m0/s1. The second-order valence-corrected chi connectivity index (χ2v) is 7.44. The van der Waals surface area contributed by atoms with Crippen LogP contribution in [0.15, 0.2) is 60.7 Å². The van der Waals surface area contributed by atoms with E-state index in [-0.39, 0.29) is 6.29 Å². The maximum atomic E-state index is 6.36. The number of benzene rings is 3. The van der Waals surface area contributed by atoms with Crippen LogP contribution in [0, 0.1) is 5.92 Å². The molecule has 1 aliphatic carbocycles. The summed E-state index contributed by atoms with van der Waals surface area (Å²) in [6.07, 6.45) is 3.51. The van der Waals surface area contributed by atoms with Crippen LogP contribution in [0.5, 0.6) is 5.75 Å². The molecule has 132 valence electrons. The van der Waals surface area contributed by atoms with Crippen LogP contribution in [0.4, 0.5) is 0 Å². The zero-order valence-corrected chi connectivity index (χ0v) is 15.2. The number of rotatable bonds is 4. The molecule has 2 atom stereocenters. The van der Waals surface area contributed by atoms with Crippen LogP contribution < -0.4 is 4.74 Å². The van der Waals surface area contributed by atoms with Crippen molar-refractivity contribution in [3.8, 4) is 16.9 Å². The van der Waals surface area contributed by atoms with Crippen molar-refractivity contribution in [1.82, 2.24) is 0 Å². The van der Waals surface area contributed by atoms with Crippen molar-refractivity contribution in [2.45, 2.75) is 38.4 Å². The minimum atomic E-state index is -0.121. The summed E-state index contributed by atoms with van der Waals surface area (Å²) in [5.41, 5.74) is 3.96. The normalized spacial score (nSPS) is 22.0. The van der Waals surface area contributed by atoms with Gasteiger partial charge in [0.25, 0.3) is 0 Å². The minimum absolute atomic E-state index is 0.121. The van der Waals surface area contributed by atoms with Crippen LogP contribution >= 0.6 is 0 Å². The quantitative estimate of drug-likeness (QED) is 0.565. The van der Waals surface area contributed by atoms with Gasteiger partial charge in [-0.2, -0.15) is 0 Å². The molecule has 1 saturated carbocycles. The van der Waals surface area contributed by atoms with Crippen molar-refractivity contribution in [1.29, 1.82) is 0 Å². The van der Waals surface area contributed by atoms with E-state index in [0.29, 0.717) is 12.5 Å². The van der Waals surface area contributed by atoms with E-state index in [0.717, 1.165) is 18.1 Å². The van der Waals surface area contributed by atoms with Crippen LogP contribution in [0.1, 0.15) is 37.7 Å². The molecule has 0 radical (unpaired) electrons. The van der Waals surface area contributed by atoms with Crippen LogP contribution in [-0.4, -0.2) is 12.9 Å². The summed E-state index contributed by atoms with van der Waals surface area (Å²) in [4.78, 5) is 0. The van der Waals surface area contributed by atoms with Gasteiger partial charge in [-0.15, -0.1) is 0 Å². The third kappa shape index (κ3) is 2.69. The van der Waals surface area contributed by atoms with E-state index < -0.39 is 0 Å². The van der Waals surface area contributed by atoms with Gasteiger partial charge in [0.1, 0.15) is 5.75 Å². The monoisotopic (exact) mass is 344 g/mol. The molecular formula is C24H24O2. The molecule has 0 N–H and O–H groups in total. The minimum Gasteiger partial charge on any atom is -0.464 e. The third-order valence-electron chi connectivity index (χ3n) is 5.75. The summed E-state index contributed by atoms with van der Waals surface area (Å²) in [5.74, 6) is 2.37. The molecule has 0 aromatic heterocycles. The molecule has 1 fully saturated rings. The summed E-state index contributed by atoms with van der Waals surface area (Å²) in [6.45, 7) is 2.74. The molecule has 2 aliphatic rings. The lowest BCUT2D eigenvalue weighted by atomic mass is 9.83. The second-order valence-electron chi connectivity index (χ2n) is 7.44. The van der Waals surface area contributed by atoms with Crippen molar-refractivity contribution in [3.63, 3.8) is 0 Å². The Bertz CT molecular complexity index is 928. The largest absolute Gasteiger partial charge is 0.464 e.